The molecule has 0 bridgehead atoms. The molecule has 0 atom stereocenters. The Morgan fingerprint density at radius 1 is 1.04 bits per heavy atom. The van der Waals surface area contributed by atoms with Crippen LogP contribution in [0.3, 0.4) is 0 Å². The molecule has 1 fully saturated rings. The first-order chi connectivity index (χ1) is 13.6. The maximum absolute atomic E-state index is 13.6. The topological polar surface area (TPSA) is 34.0 Å². The first-order valence-corrected chi connectivity index (χ1v) is 9.58. The fourth-order valence-electron chi connectivity index (χ4n) is 3.86. The van der Waals surface area contributed by atoms with Crippen LogP contribution >= 0.6 is 0 Å². The molecule has 0 aromatic heterocycles. The number of carbonyl (C=O) groups is 1. The third kappa shape index (κ3) is 3.85. The smallest absolute Gasteiger partial charge is 0.254 e. The van der Waals surface area contributed by atoms with Gasteiger partial charge in [-0.1, -0.05) is 30.3 Å². The molecule has 144 valence electrons. The molecule has 0 saturated carbocycles. The molecule has 4 nitrogen and oxygen atoms in total. The first-order valence-electron chi connectivity index (χ1n) is 9.58. The summed E-state index contributed by atoms with van der Waals surface area (Å²) in [5.41, 5.74) is 1.60. The van der Waals surface area contributed by atoms with Crippen molar-refractivity contribution in [2.75, 3.05) is 33.3 Å². The van der Waals surface area contributed by atoms with Gasteiger partial charge in [-0.25, -0.2) is 4.39 Å². The highest BCUT2D eigenvalue weighted by Gasteiger charge is 2.25. The summed E-state index contributed by atoms with van der Waals surface area (Å²) in [6.45, 7) is 3.74. The van der Waals surface area contributed by atoms with Gasteiger partial charge in [0, 0.05) is 5.56 Å². The van der Waals surface area contributed by atoms with Crippen molar-refractivity contribution in [3.05, 3.63) is 77.6 Å². The largest absolute Gasteiger partial charge is 0.496 e. The predicted octanol–water partition coefficient (Wildman–Crippen LogP) is 2.53. The van der Waals surface area contributed by atoms with Crippen molar-refractivity contribution >= 4 is 16.7 Å². The Labute approximate surface area is 164 Å². The number of benzene rings is 3. The van der Waals surface area contributed by atoms with Crippen molar-refractivity contribution < 1.29 is 18.8 Å². The highest BCUT2D eigenvalue weighted by atomic mass is 19.1. The van der Waals surface area contributed by atoms with Crippen LogP contribution in [0.1, 0.15) is 15.9 Å². The molecule has 3 aromatic carbocycles. The predicted molar refractivity (Wildman–Crippen MR) is 107 cm³/mol. The molecule has 1 aliphatic rings. The summed E-state index contributed by atoms with van der Waals surface area (Å²) >= 11 is 0. The average Bonchev–Trinajstić information content (AvgIpc) is 2.73. The van der Waals surface area contributed by atoms with E-state index in [0.29, 0.717) is 25.4 Å². The molecule has 3 aromatic rings. The molecule has 28 heavy (non-hydrogen) atoms. The second-order valence-electron chi connectivity index (χ2n) is 7.24. The van der Waals surface area contributed by atoms with E-state index in [1.54, 1.807) is 19.2 Å². The van der Waals surface area contributed by atoms with E-state index in [9.17, 15) is 9.18 Å². The zero-order chi connectivity index (χ0) is 19.5. The van der Waals surface area contributed by atoms with E-state index in [0.717, 1.165) is 35.0 Å². The lowest BCUT2D eigenvalue weighted by Gasteiger charge is -2.32. The van der Waals surface area contributed by atoms with Gasteiger partial charge in [-0.05, 0) is 41.1 Å². The van der Waals surface area contributed by atoms with Gasteiger partial charge in [0.15, 0.2) is 0 Å². The van der Waals surface area contributed by atoms with Crippen LogP contribution in [0, 0.1) is 5.82 Å². The standard InChI is InChI=1S/C23H23FN2O2/c1-28-22-9-8-21(24)15-20(22)16-25-10-12-26(13-11-25)23(27)19-7-6-17-4-2-3-5-18(17)14-19/h2-9,14-15H,10-13,16H2,1H3/p+1. The summed E-state index contributed by atoms with van der Waals surface area (Å²) in [6, 6.07) is 18.6. The number of fused-ring (bicyclic) bond motifs is 1. The molecule has 0 radical (unpaired) electrons. The molecule has 0 unspecified atom stereocenters. The number of piperazine rings is 1. The van der Waals surface area contributed by atoms with Crippen molar-refractivity contribution in [3.8, 4) is 5.75 Å². The fraction of sp³-hybridized carbons (Fsp3) is 0.261. The van der Waals surface area contributed by atoms with E-state index in [-0.39, 0.29) is 11.7 Å². The number of methoxy groups -OCH3 is 1. The Hall–Kier alpha value is -2.92. The number of halogens is 1. The number of ether oxygens (including phenoxy) is 1. The Morgan fingerprint density at radius 2 is 1.79 bits per heavy atom. The molecule has 1 heterocycles. The van der Waals surface area contributed by atoms with Gasteiger partial charge in [0.2, 0.25) is 0 Å². The Kier molecular flexibility index (Phi) is 5.26. The van der Waals surface area contributed by atoms with Crippen LogP contribution in [0.15, 0.2) is 60.7 Å². The van der Waals surface area contributed by atoms with Crippen LogP contribution in [-0.4, -0.2) is 44.1 Å². The number of carbonyl (C=O) groups excluding carboxylic acids is 1. The summed E-state index contributed by atoms with van der Waals surface area (Å²) in [6.07, 6.45) is 0. The molecule has 1 aliphatic heterocycles. The maximum Gasteiger partial charge on any atom is 0.254 e. The maximum atomic E-state index is 13.6. The minimum Gasteiger partial charge on any atom is -0.496 e. The van der Waals surface area contributed by atoms with Crippen LogP contribution in [0.4, 0.5) is 4.39 Å². The lowest BCUT2D eigenvalue weighted by Crippen LogP contribution is -3.13. The van der Waals surface area contributed by atoms with Gasteiger partial charge < -0.3 is 14.5 Å². The van der Waals surface area contributed by atoms with Gasteiger partial charge in [0.25, 0.3) is 5.91 Å². The summed E-state index contributed by atoms with van der Waals surface area (Å²) in [4.78, 5) is 16.1. The molecule has 0 spiro atoms. The van der Waals surface area contributed by atoms with E-state index in [4.69, 9.17) is 4.74 Å². The molecular weight excluding hydrogens is 355 g/mol. The van der Waals surface area contributed by atoms with Crippen molar-refractivity contribution in [2.24, 2.45) is 0 Å². The molecule has 1 amide bonds. The second-order valence-corrected chi connectivity index (χ2v) is 7.24. The van der Waals surface area contributed by atoms with Gasteiger partial charge in [-0.3, -0.25) is 4.79 Å². The van der Waals surface area contributed by atoms with Gasteiger partial charge in [0.1, 0.15) is 18.1 Å². The quantitative estimate of drug-likeness (QED) is 0.756. The Balaban J connectivity index is 1.41. The monoisotopic (exact) mass is 379 g/mol. The first kappa shape index (κ1) is 18.4. The number of nitrogens with one attached hydrogen (secondary N) is 1. The third-order valence-electron chi connectivity index (χ3n) is 5.44. The minimum atomic E-state index is -0.250. The van der Waals surface area contributed by atoms with Crippen molar-refractivity contribution in [2.45, 2.75) is 6.54 Å². The van der Waals surface area contributed by atoms with Crippen molar-refractivity contribution in [1.82, 2.24) is 4.90 Å². The van der Waals surface area contributed by atoms with E-state index in [1.165, 1.54) is 11.0 Å². The number of nitrogens with zero attached hydrogens (tertiary/aromatic N) is 1. The number of quaternary nitrogens is 1. The van der Waals surface area contributed by atoms with Gasteiger partial charge in [0.05, 0.1) is 38.9 Å². The van der Waals surface area contributed by atoms with Crippen LogP contribution in [-0.2, 0) is 6.54 Å². The number of amides is 1. The Morgan fingerprint density at radius 3 is 2.54 bits per heavy atom. The summed E-state index contributed by atoms with van der Waals surface area (Å²) in [5.74, 6) is 0.539. The lowest BCUT2D eigenvalue weighted by atomic mass is 10.1. The van der Waals surface area contributed by atoms with Crippen LogP contribution < -0.4 is 9.64 Å². The molecule has 0 aliphatic carbocycles. The van der Waals surface area contributed by atoms with Crippen molar-refractivity contribution in [3.63, 3.8) is 0 Å². The molecular formula is C23H24FN2O2+. The lowest BCUT2D eigenvalue weighted by molar-refractivity contribution is -0.917. The number of hydrogen-bond acceptors (Lipinski definition) is 2. The van der Waals surface area contributed by atoms with Crippen molar-refractivity contribution in [1.29, 1.82) is 0 Å². The zero-order valence-electron chi connectivity index (χ0n) is 16.0. The molecule has 4 rings (SSSR count). The highest BCUT2D eigenvalue weighted by molar-refractivity contribution is 5.98. The molecule has 1 N–H and O–H groups in total. The average molecular weight is 379 g/mol. The summed E-state index contributed by atoms with van der Waals surface area (Å²) < 4.78 is 18.9. The number of rotatable bonds is 4. The van der Waals surface area contributed by atoms with Gasteiger partial charge >= 0.3 is 0 Å². The Bertz CT molecular complexity index is 997. The normalized spacial score (nSPS) is 15.0. The second kappa shape index (κ2) is 7.98. The van der Waals surface area contributed by atoms with Crippen LogP contribution in [0.2, 0.25) is 0 Å². The minimum absolute atomic E-state index is 0.0770. The fourth-order valence-corrected chi connectivity index (χ4v) is 3.86. The SMILES string of the molecule is COc1ccc(F)cc1C[NH+]1CCN(C(=O)c2ccc3ccccc3c2)CC1. The van der Waals surface area contributed by atoms with Gasteiger partial charge in [-0.2, -0.15) is 0 Å². The molecule has 5 heteroatoms. The number of hydrogen-bond donors (Lipinski definition) is 1. The summed E-state index contributed by atoms with van der Waals surface area (Å²) in [7, 11) is 1.60. The summed E-state index contributed by atoms with van der Waals surface area (Å²) in [5, 5.41) is 2.22. The zero-order valence-corrected chi connectivity index (χ0v) is 16.0. The third-order valence-corrected chi connectivity index (χ3v) is 5.44. The van der Waals surface area contributed by atoms with Gasteiger partial charge in [-0.15, -0.1) is 0 Å². The van der Waals surface area contributed by atoms with E-state index < -0.39 is 0 Å². The van der Waals surface area contributed by atoms with E-state index >= 15 is 0 Å². The van der Waals surface area contributed by atoms with Crippen LogP contribution in [0.5, 0.6) is 5.75 Å². The highest BCUT2D eigenvalue weighted by Crippen LogP contribution is 2.19. The van der Waals surface area contributed by atoms with E-state index in [2.05, 4.69) is 0 Å². The molecule has 1 saturated heterocycles. The van der Waals surface area contributed by atoms with Crippen LogP contribution in [0.25, 0.3) is 10.8 Å². The van der Waals surface area contributed by atoms with E-state index in [1.807, 2.05) is 47.4 Å².